The van der Waals surface area contributed by atoms with E-state index in [0.29, 0.717) is 24.1 Å². The van der Waals surface area contributed by atoms with Gasteiger partial charge in [0.15, 0.2) is 0 Å². The molecule has 3 heterocycles. The molecule has 1 aliphatic heterocycles. The molecular formula is C39H54N6O3. The number of aromatic amines is 1. The van der Waals surface area contributed by atoms with Gasteiger partial charge in [-0.05, 0) is 132 Å². The van der Waals surface area contributed by atoms with Crippen LogP contribution in [0.3, 0.4) is 0 Å². The van der Waals surface area contributed by atoms with Crippen LogP contribution in [0.1, 0.15) is 99.3 Å². The lowest BCUT2D eigenvalue weighted by atomic mass is 9.49. The Morgan fingerprint density at radius 1 is 1.10 bits per heavy atom. The minimum atomic E-state index is -0.274. The van der Waals surface area contributed by atoms with Gasteiger partial charge in [-0.1, -0.05) is 12.7 Å². The maximum atomic E-state index is 13.8. The predicted molar refractivity (Wildman–Crippen MR) is 190 cm³/mol. The Balaban J connectivity index is 1.06. The fourth-order valence-corrected chi connectivity index (χ4v) is 9.58. The van der Waals surface area contributed by atoms with Gasteiger partial charge in [0.2, 0.25) is 5.91 Å². The Bertz CT molecular complexity index is 1660. The zero-order valence-corrected chi connectivity index (χ0v) is 29.6. The second-order valence-electron chi connectivity index (χ2n) is 15.6. The molecule has 4 fully saturated rings. The molecule has 9 heteroatoms. The molecule has 2 aromatic heterocycles. The molecule has 4 saturated carbocycles. The molecule has 0 saturated heterocycles. The van der Waals surface area contributed by atoms with Crippen molar-refractivity contribution < 1.29 is 9.59 Å². The number of aromatic nitrogens is 3. The smallest absolute Gasteiger partial charge is 0.253 e. The fourth-order valence-electron chi connectivity index (χ4n) is 9.58. The van der Waals surface area contributed by atoms with Crippen LogP contribution in [-0.4, -0.2) is 57.7 Å². The molecule has 4 aliphatic carbocycles. The van der Waals surface area contributed by atoms with Gasteiger partial charge in [-0.15, -0.1) is 0 Å². The number of H-pyrrole nitrogens is 1. The number of pyridine rings is 1. The summed E-state index contributed by atoms with van der Waals surface area (Å²) in [5, 5.41) is 10.8. The number of carbonyl (C=O) groups excluding carboxylic acids is 2. The van der Waals surface area contributed by atoms with Crippen LogP contribution in [0.5, 0.6) is 0 Å². The molecular weight excluding hydrogens is 600 g/mol. The first kappa shape index (κ1) is 34.2. The number of hydrogen-bond donors (Lipinski definition) is 3. The molecule has 0 atom stereocenters. The molecule has 3 N–H and O–H groups in total. The van der Waals surface area contributed by atoms with Crippen molar-refractivity contribution in [3.05, 3.63) is 80.6 Å². The third-order valence-corrected chi connectivity index (χ3v) is 11.5. The van der Waals surface area contributed by atoms with Crippen LogP contribution in [0.15, 0.2) is 46.9 Å². The van der Waals surface area contributed by atoms with Gasteiger partial charge in [0.1, 0.15) is 0 Å². The highest BCUT2D eigenvalue weighted by atomic mass is 16.2. The molecule has 0 spiro atoms. The summed E-state index contributed by atoms with van der Waals surface area (Å²) in [6, 6.07) is 2.06. The lowest BCUT2D eigenvalue weighted by Gasteiger charge is -2.56. The van der Waals surface area contributed by atoms with E-state index in [9.17, 15) is 14.4 Å². The first-order valence-corrected chi connectivity index (χ1v) is 18.0. The average Bonchev–Trinajstić information content (AvgIpc) is 3.39. The summed E-state index contributed by atoms with van der Waals surface area (Å²) < 4.78 is 1.91. The summed E-state index contributed by atoms with van der Waals surface area (Å²) in [7, 11) is 0. The first-order valence-electron chi connectivity index (χ1n) is 18.0. The van der Waals surface area contributed by atoms with E-state index in [1.54, 1.807) is 6.20 Å². The largest absolute Gasteiger partial charge is 0.355 e. The number of amides is 2. The highest BCUT2D eigenvalue weighted by molar-refractivity contribution is 6.20. The number of carbonyl (C=O) groups is 2. The minimum Gasteiger partial charge on any atom is -0.355 e. The van der Waals surface area contributed by atoms with Crippen molar-refractivity contribution in [2.24, 2.45) is 23.2 Å². The molecule has 7 rings (SSSR count). The van der Waals surface area contributed by atoms with E-state index in [4.69, 9.17) is 0 Å². The van der Waals surface area contributed by atoms with Crippen molar-refractivity contribution in [3.63, 3.8) is 0 Å². The number of nitrogens with zero attached hydrogens (tertiary/aromatic N) is 3. The van der Waals surface area contributed by atoms with Crippen molar-refractivity contribution >= 4 is 17.4 Å². The normalized spacial score (nSPS) is 25.3. The van der Waals surface area contributed by atoms with Crippen molar-refractivity contribution in [1.29, 1.82) is 0 Å². The number of nitrogens with one attached hydrogen (secondary N) is 3. The zero-order valence-electron chi connectivity index (χ0n) is 29.6. The lowest BCUT2D eigenvalue weighted by Crippen LogP contribution is -2.48. The second-order valence-corrected chi connectivity index (χ2v) is 15.6. The maximum Gasteiger partial charge on any atom is 0.253 e. The van der Waals surface area contributed by atoms with E-state index < -0.39 is 0 Å². The van der Waals surface area contributed by atoms with E-state index in [-0.39, 0.29) is 35.4 Å². The standard InChI is InChI=1S/C39H54N6O3/c1-24(2)45-28(6)35(23-42-45)33(37(47)41-22-34-26(4)13-27(5)43-38(34)48)14-25(3)32-7-10-44(11-8-32)12-9-40-36(46)21-39-18-29-15-30(19-39)17-31(16-29)20-39/h7,13-14,23-24,29-31H,3,8-12,15-22H2,1-2,4-6H3,(H,40,46)(H,41,47)(H,43,48)/b33-14+. The van der Waals surface area contributed by atoms with Crippen molar-refractivity contribution in [2.45, 2.75) is 98.6 Å². The van der Waals surface area contributed by atoms with Crippen LogP contribution in [-0.2, 0) is 16.1 Å². The summed E-state index contributed by atoms with van der Waals surface area (Å²) in [6.45, 7) is 17.4. The summed E-state index contributed by atoms with van der Waals surface area (Å²) in [5.41, 5.74) is 6.30. The molecule has 0 aromatic carbocycles. The van der Waals surface area contributed by atoms with Gasteiger partial charge in [0.05, 0.1) is 11.8 Å². The summed E-state index contributed by atoms with van der Waals surface area (Å²) in [5.74, 6) is 2.55. The number of rotatable bonds is 12. The van der Waals surface area contributed by atoms with E-state index >= 15 is 0 Å². The van der Waals surface area contributed by atoms with Crippen molar-refractivity contribution in [1.82, 2.24) is 30.3 Å². The number of allylic oxidation sites excluding steroid dienone is 2. The van der Waals surface area contributed by atoms with Crippen LogP contribution in [0, 0.1) is 43.9 Å². The summed E-state index contributed by atoms with van der Waals surface area (Å²) in [6.07, 6.45) is 15.3. The Hall–Kier alpha value is -3.72. The zero-order chi connectivity index (χ0) is 34.2. The van der Waals surface area contributed by atoms with E-state index in [0.717, 1.165) is 77.5 Å². The molecule has 4 bridgehead atoms. The van der Waals surface area contributed by atoms with Gasteiger partial charge >= 0.3 is 0 Å². The molecule has 48 heavy (non-hydrogen) atoms. The van der Waals surface area contributed by atoms with Crippen molar-refractivity contribution in [2.75, 3.05) is 26.2 Å². The molecule has 258 valence electrons. The molecule has 9 nitrogen and oxygen atoms in total. The Morgan fingerprint density at radius 2 is 1.79 bits per heavy atom. The quantitative estimate of drug-likeness (QED) is 0.201. The molecule has 5 aliphatic rings. The third-order valence-electron chi connectivity index (χ3n) is 11.5. The minimum absolute atomic E-state index is 0.123. The van der Waals surface area contributed by atoms with Gasteiger partial charge in [0.25, 0.3) is 11.5 Å². The van der Waals surface area contributed by atoms with Gasteiger partial charge in [0, 0.05) is 67.7 Å². The predicted octanol–water partition coefficient (Wildman–Crippen LogP) is 5.69. The van der Waals surface area contributed by atoms with Crippen molar-refractivity contribution in [3.8, 4) is 0 Å². The molecule has 0 radical (unpaired) electrons. The van der Waals surface area contributed by atoms with Gasteiger partial charge in [-0.25, -0.2) is 0 Å². The van der Waals surface area contributed by atoms with Crippen LogP contribution < -0.4 is 16.2 Å². The molecule has 0 unspecified atom stereocenters. The second kappa shape index (κ2) is 14.0. The van der Waals surface area contributed by atoms with E-state index in [1.165, 1.54) is 38.5 Å². The van der Waals surface area contributed by atoms with Crippen LogP contribution in [0.25, 0.3) is 5.57 Å². The Kier molecular flexibility index (Phi) is 9.98. The van der Waals surface area contributed by atoms with Gasteiger partial charge < -0.3 is 15.6 Å². The molecule has 2 amide bonds. The third kappa shape index (κ3) is 7.46. The van der Waals surface area contributed by atoms with Gasteiger partial charge in [-0.2, -0.15) is 5.10 Å². The Morgan fingerprint density at radius 3 is 2.38 bits per heavy atom. The van der Waals surface area contributed by atoms with E-state index in [1.807, 2.05) is 37.6 Å². The van der Waals surface area contributed by atoms with Gasteiger partial charge in [-0.3, -0.25) is 24.0 Å². The average molecular weight is 655 g/mol. The molecule has 2 aromatic rings. The Labute approximate surface area is 285 Å². The highest BCUT2D eigenvalue weighted by Gasteiger charge is 2.51. The maximum absolute atomic E-state index is 13.8. The van der Waals surface area contributed by atoms with Crippen LogP contribution in [0.4, 0.5) is 0 Å². The van der Waals surface area contributed by atoms with Crippen LogP contribution >= 0.6 is 0 Å². The lowest BCUT2D eigenvalue weighted by molar-refractivity contribution is -0.129. The summed E-state index contributed by atoms with van der Waals surface area (Å²) in [4.78, 5) is 44.6. The monoisotopic (exact) mass is 654 g/mol. The first-order chi connectivity index (χ1) is 22.9. The summed E-state index contributed by atoms with van der Waals surface area (Å²) >= 11 is 0. The number of hydrogen-bond acceptors (Lipinski definition) is 5. The van der Waals surface area contributed by atoms with Crippen LogP contribution in [0.2, 0.25) is 0 Å². The van der Waals surface area contributed by atoms with E-state index in [2.05, 4.69) is 52.1 Å². The highest BCUT2D eigenvalue weighted by Crippen LogP contribution is 2.61. The topological polar surface area (TPSA) is 112 Å². The SMILES string of the molecule is C=C(/C=C(/C(=O)NCc1c(C)cc(C)[nH]c1=O)c1cnn(C(C)C)c1C)C1=CCN(CCNC(=O)CC23CC4CC(CC(C4)C2)C3)CC1. The fraction of sp³-hybridized carbons (Fsp3) is 0.590. The number of aryl methyl sites for hydroxylation is 2.